The van der Waals surface area contributed by atoms with E-state index in [-0.39, 0.29) is 28.4 Å². The van der Waals surface area contributed by atoms with Crippen molar-refractivity contribution in [1.82, 2.24) is 15.2 Å². The number of hydrogen-bond donors (Lipinski definition) is 3. The standard InChI is InChI=1S/C28H38N4O4S/c1-6-32(7-2)14-13-29-27(33)24-18(5)30-26-20(24)9-8-10-21(26)25-22-15-19(37(35,36)16-17(3)4)11-12-23(22)31-28(25)34/h11-12,15,17,30H,6-10,13-14,16H2,1-5H3,(H,29,33)(H,31,34)/b25-21-. The van der Waals surface area contributed by atoms with Crippen LogP contribution in [0.2, 0.25) is 0 Å². The van der Waals surface area contributed by atoms with E-state index in [1.165, 1.54) is 0 Å². The molecule has 37 heavy (non-hydrogen) atoms. The summed E-state index contributed by atoms with van der Waals surface area (Å²) < 4.78 is 25.8. The van der Waals surface area contributed by atoms with Crippen LogP contribution in [0.5, 0.6) is 0 Å². The molecule has 1 aliphatic carbocycles. The van der Waals surface area contributed by atoms with Gasteiger partial charge >= 0.3 is 0 Å². The van der Waals surface area contributed by atoms with Crippen molar-refractivity contribution in [2.75, 3.05) is 37.2 Å². The summed E-state index contributed by atoms with van der Waals surface area (Å²) in [5.41, 5.74) is 5.71. The lowest BCUT2D eigenvalue weighted by Gasteiger charge is -2.20. The quantitative estimate of drug-likeness (QED) is 0.427. The van der Waals surface area contributed by atoms with Crippen LogP contribution in [0.15, 0.2) is 23.1 Å². The molecule has 0 fully saturated rings. The van der Waals surface area contributed by atoms with Crippen LogP contribution in [0.1, 0.15) is 73.4 Å². The summed E-state index contributed by atoms with van der Waals surface area (Å²) >= 11 is 0. The molecule has 0 bridgehead atoms. The van der Waals surface area contributed by atoms with Gasteiger partial charge in [-0.05, 0) is 74.5 Å². The predicted molar refractivity (Wildman–Crippen MR) is 147 cm³/mol. The van der Waals surface area contributed by atoms with Crippen molar-refractivity contribution in [3.63, 3.8) is 0 Å². The third-order valence-corrected chi connectivity index (χ3v) is 9.31. The van der Waals surface area contributed by atoms with Crippen molar-refractivity contribution in [2.45, 2.75) is 58.8 Å². The highest BCUT2D eigenvalue weighted by Gasteiger charge is 2.34. The van der Waals surface area contributed by atoms with Gasteiger partial charge in [0, 0.05) is 35.7 Å². The Balaban J connectivity index is 1.72. The summed E-state index contributed by atoms with van der Waals surface area (Å²) in [7, 11) is -3.47. The first-order valence-electron chi connectivity index (χ1n) is 13.2. The summed E-state index contributed by atoms with van der Waals surface area (Å²) in [4.78, 5) is 32.2. The molecule has 200 valence electrons. The Morgan fingerprint density at radius 3 is 2.57 bits per heavy atom. The van der Waals surface area contributed by atoms with Crippen LogP contribution in [0, 0.1) is 12.8 Å². The summed E-state index contributed by atoms with van der Waals surface area (Å²) in [5.74, 6) is -0.304. The Hall–Kier alpha value is -2.91. The van der Waals surface area contributed by atoms with E-state index in [4.69, 9.17) is 0 Å². The van der Waals surface area contributed by atoms with Gasteiger partial charge in [0.2, 0.25) is 0 Å². The fourth-order valence-electron chi connectivity index (χ4n) is 5.44. The molecular weight excluding hydrogens is 488 g/mol. The van der Waals surface area contributed by atoms with Crippen LogP contribution in [-0.2, 0) is 21.1 Å². The minimum absolute atomic E-state index is 0.00443. The average Bonchev–Trinajstić information content (AvgIpc) is 3.35. The summed E-state index contributed by atoms with van der Waals surface area (Å²) in [5, 5.41) is 5.96. The molecule has 0 saturated heterocycles. The monoisotopic (exact) mass is 526 g/mol. The smallest absolute Gasteiger partial charge is 0.256 e. The van der Waals surface area contributed by atoms with Crippen LogP contribution < -0.4 is 10.6 Å². The molecule has 2 amide bonds. The van der Waals surface area contributed by atoms with Crippen molar-refractivity contribution in [1.29, 1.82) is 0 Å². The number of sulfone groups is 1. The fourth-order valence-corrected chi connectivity index (χ4v) is 7.08. The van der Waals surface area contributed by atoms with Gasteiger partial charge in [-0.15, -0.1) is 0 Å². The fraction of sp³-hybridized carbons (Fsp3) is 0.500. The van der Waals surface area contributed by atoms with Gasteiger partial charge < -0.3 is 20.5 Å². The molecule has 8 nitrogen and oxygen atoms in total. The van der Waals surface area contributed by atoms with E-state index in [9.17, 15) is 18.0 Å². The number of aromatic amines is 1. The van der Waals surface area contributed by atoms with E-state index in [1.807, 2.05) is 20.8 Å². The molecule has 9 heteroatoms. The summed E-state index contributed by atoms with van der Waals surface area (Å²) in [6.45, 7) is 13.1. The number of anilines is 1. The molecule has 3 N–H and O–H groups in total. The van der Waals surface area contributed by atoms with Crippen LogP contribution in [-0.4, -0.2) is 62.0 Å². The largest absolute Gasteiger partial charge is 0.358 e. The van der Waals surface area contributed by atoms with E-state index in [0.717, 1.165) is 55.0 Å². The van der Waals surface area contributed by atoms with Crippen molar-refractivity contribution >= 4 is 38.5 Å². The third kappa shape index (κ3) is 5.38. The number of nitrogens with one attached hydrogen (secondary N) is 3. The van der Waals surface area contributed by atoms with Crippen LogP contribution in [0.3, 0.4) is 0 Å². The highest BCUT2D eigenvalue weighted by atomic mass is 32.2. The molecule has 0 spiro atoms. The number of benzene rings is 1. The molecule has 4 rings (SSSR count). The normalized spacial score (nSPS) is 17.2. The topological polar surface area (TPSA) is 111 Å². The summed E-state index contributed by atoms with van der Waals surface area (Å²) in [6.07, 6.45) is 2.21. The second-order valence-electron chi connectivity index (χ2n) is 10.3. The number of allylic oxidation sites excluding steroid dienone is 1. The van der Waals surface area contributed by atoms with Gasteiger partial charge in [-0.2, -0.15) is 0 Å². The van der Waals surface area contributed by atoms with Crippen molar-refractivity contribution < 1.29 is 18.0 Å². The second kappa shape index (κ2) is 10.8. The molecule has 0 atom stereocenters. The maximum atomic E-state index is 13.2. The van der Waals surface area contributed by atoms with Gasteiger partial charge in [-0.1, -0.05) is 27.7 Å². The first-order valence-corrected chi connectivity index (χ1v) is 14.9. The number of aromatic nitrogens is 1. The zero-order chi connectivity index (χ0) is 26.9. The molecule has 1 aromatic carbocycles. The maximum Gasteiger partial charge on any atom is 0.256 e. The van der Waals surface area contributed by atoms with E-state index < -0.39 is 9.84 Å². The average molecular weight is 527 g/mol. The molecule has 1 aromatic heterocycles. The van der Waals surface area contributed by atoms with E-state index in [0.29, 0.717) is 35.4 Å². The molecule has 2 aromatic rings. The number of carbonyl (C=O) groups excluding carboxylic acids is 2. The maximum absolute atomic E-state index is 13.2. The number of H-pyrrole nitrogens is 1. The second-order valence-corrected chi connectivity index (χ2v) is 12.3. The summed E-state index contributed by atoms with van der Waals surface area (Å²) in [6, 6.07) is 4.86. The number of aryl methyl sites for hydroxylation is 1. The molecule has 0 radical (unpaired) electrons. The van der Waals surface area contributed by atoms with Crippen molar-refractivity contribution in [2.24, 2.45) is 5.92 Å². The number of fused-ring (bicyclic) bond motifs is 2. The Bertz CT molecular complexity index is 1350. The highest BCUT2D eigenvalue weighted by Crippen LogP contribution is 2.43. The molecule has 2 heterocycles. The Morgan fingerprint density at radius 1 is 1.16 bits per heavy atom. The molecule has 0 saturated carbocycles. The first-order chi connectivity index (χ1) is 17.6. The zero-order valence-electron chi connectivity index (χ0n) is 22.5. The number of likely N-dealkylation sites (N-methyl/N-ethyl adjacent to an activating group) is 1. The van der Waals surface area contributed by atoms with Crippen LogP contribution >= 0.6 is 0 Å². The van der Waals surface area contributed by atoms with Crippen molar-refractivity contribution in [3.05, 3.63) is 46.3 Å². The molecule has 1 aliphatic heterocycles. The SMILES string of the molecule is CCN(CC)CCNC(=O)c1c(C)[nH]c2c1CCC/C2=C1/C(=O)Nc2ccc(S(=O)(=O)CC(C)C)cc21. The van der Waals surface area contributed by atoms with Gasteiger partial charge in [0.25, 0.3) is 11.8 Å². The molecular formula is C28H38N4O4S. The number of rotatable bonds is 9. The van der Waals surface area contributed by atoms with Gasteiger partial charge in [-0.25, -0.2) is 8.42 Å². The minimum atomic E-state index is -3.47. The Kier molecular flexibility index (Phi) is 7.94. The van der Waals surface area contributed by atoms with E-state index >= 15 is 0 Å². The van der Waals surface area contributed by atoms with Gasteiger partial charge in [0.1, 0.15) is 0 Å². The lowest BCUT2D eigenvalue weighted by atomic mass is 9.86. The Morgan fingerprint density at radius 2 is 1.89 bits per heavy atom. The lowest BCUT2D eigenvalue weighted by molar-refractivity contribution is -0.110. The van der Waals surface area contributed by atoms with Gasteiger partial charge in [0.05, 0.1) is 21.8 Å². The number of carbonyl (C=O) groups is 2. The number of amides is 2. The van der Waals surface area contributed by atoms with Gasteiger partial charge in [-0.3, -0.25) is 9.59 Å². The van der Waals surface area contributed by atoms with Crippen molar-refractivity contribution in [3.8, 4) is 0 Å². The lowest BCUT2D eigenvalue weighted by Crippen LogP contribution is -2.35. The third-order valence-electron chi connectivity index (χ3n) is 7.23. The number of nitrogens with zero attached hydrogens (tertiary/aromatic N) is 1. The number of hydrogen-bond acceptors (Lipinski definition) is 5. The minimum Gasteiger partial charge on any atom is -0.358 e. The van der Waals surface area contributed by atoms with E-state index in [2.05, 4.69) is 34.4 Å². The Labute approximate surface area is 219 Å². The molecule has 0 unspecified atom stereocenters. The van der Waals surface area contributed by atoms with Gasteiger partial charge in [0.15, 0.2) is 9.84 Å². The van der Waals surface area contributed by atoms with E-state index in [1.54, 1.807) is 18.2 Å². The first kappa shape index (κ1) is 27.1. The van der Waals surface area contributed by atoms with Crippen LogP contribution in [0.25, 0.3) is 11.1 Å². The predicted octanol–water partition coefficient (Wildman–Crippen LogP) is 4.02. The zero-order valence-corrected chi connectivity index (χ0v) is 23.3. The molecule has 2 aliphatic rings. The van der Waals surface area contributed by atoms with Crippen LogP contribution in [0.4, 0.5) is 5.69 Å². The highest BCUT2D eigenvalue weighted by molar-refractivity contribution is 7.91.